The molecule has 0 saturated heterocycles. The molecule has 1 unspecified atom stereocenters. The fourth-order valence-corrected chi connectivity index (χ4v) is 2.77. The van der Waals surface area contributed by atoms with E-state index in [9.17, 15) is 4.79 Å². The number of ketones is 1. The fourth-order valence-electron chi connectivity index (χ4n) is 2.77. The molecule has 3 heteroatoms. The van der Waals surface area contributed by atoms with Gasteiger partial charge < -0.3 is 9.72 Å². The van der Waals surface area contributed by atoms with Crippen LogP contribution in [0, 0.1) is 0 Å². The van der Waals surface area contributed by atoms with Crippen molar-refractivity contribution in [3.8, 4) is 5.75 Å². The molecule has 0 amide bonds. The number of hydrogen-bond donors (Lipinski definition) is 1. The lowest BCUT2D eigenvalue weighted by Crippen LogP contribution is -2.08. The van der Waals surface area contributed by atoms with Crippen molar-refractivity contribution in [1.82, 2.24) is 4.98 Å². The lowest BCUT2D eigenvalue weighted by atomic mass is 9.95. The minimum Gasteiger partial charge on any atom is -0.493 e. The van der Waals surface area contributed by atoms with E-state index in [1.165, 1.54) is 11.1 Å². The van der Waals surface area contributed by atoms with Gasteiger partial charge in [-0.15, -0.1) is 0 Å². The molecule has 1 aliphatic heterocycles. The maximum absolute atomic E-state index is 11.3. The first-order chi connectivity index (χ1) is 10.8. The topological polar surface area (TPSA) is 42.1 Å². The predicted octanol–water partition coefficient (Wildman–Crippen LogP) is 4.42. The average Bonchev–Trinajstić information content (AvgIpc) is 3.07. The first-order valence-electron chi connectivity index (χ1n) is 7.94. The number of nitrogens with one attached hydrogen (secondary N) is 1. The van der Waals surface area contributed by atoms with Crippen molar-refractivity contribution in [2.75, 3.05) is 6.61 Å². The summed E-state index contributed by atoms with van der Waals surface area (Å²) >= 11 is 0. The minimum absolute atomic E-state index is 0.121. The van der Waals surface area contributed by atoms with Gasteiger partial charge in [-0.05, 0) is 41.0 Å². The summed E-state index contributed by atoms with van der Waals surface area (Å²) in [6.07, 6.45) is 7.69. The maximum atomic E-state index is 11.3. The number of rotatable bonds is 2. The van der Waals surface area contributed by atoms with Gasteiger partial charge in [-0.1, -0.05) is 19.9 Å². The lowest BCUT2D eigenvalue weighted by molar-refractivity contribution is -0.110. The van der Waals surface area contributed by atoms with Crippen molar-refractivity contribution in [2.45, 2.75) is 32.6 Å². The zero-order valence-electron chi connectivity index (χ0n) is 13.1. The first-order valence-corrected chi connectivity index (χ1v) is 7.94. The highest BCUT2D eigenvalue weighted by atomic mass is 16.5. The van der Waals surface area contributed by atoms with Gasteiger partial charge in [0.1, 0.15) is 11.5 Å². The van der Waals surface area contributed by atoms with Crippen molar-refractivity contribution in [3.63, 3.8) is 0 Å². The van der Waals surface area contributed by atoms with Gasteiger partial charge in [-0.25, -0.2) is 0 Å². The summed E-state index contributed by atoms with van der Waals surface area (Å²) in [5.74, 6) is 1.39. The molecule has 1 aliphatic carbocycles. The number of hydrogen-bond acceptors (Lipinski definition) is 2. The molecule has 2 heterocycles. The number of H-pyrrole nitrogens is 1. The number of ether oxygens (including phenoxy) is 1. The molecule has 4 rings (SSSR count). The molecule has 22 heavy (non-hydrogen) atoms. The standard InChI is InChI=1S/C17H15NO2.C2H6/c19-16-9-14(16)12-1-2-17-15(8-12)13(4-6-20-17)7-11-3-5-18-10-11;1-2/h1-3,5,7-8,10,14,18H,4,6,9H2;1-2H3/b13-7+;. The second-order valence-corrected chi connectivity index (χ2v) is 5.39. The van der Waals surface area contributed by atoms with Crippen LogP contribution in [0.15, 0.2) is 36.7 Å². The van der Waals surface area contributed by atoms with Crippen molar-refractivity contribution in [2.24, 2.45) is 0 Å². The van der Waals surface area contributed by atoms with Crippen LogP contribution in [0.3, 0.4) is 0 Å². The van der Waals surface area contributed by atoms with Crippen LogP contribution in [0.1, 0.15) is 49.3 Å². The lowest BCUT2D eigenvalue weighted by Gasteiger charge is -2.21. The maximum Gasteiger partial charge on any atom is 0.141 e. The van der Waals surface area contributed by atoms with Crippen LogP contribution in [-0.2, 0) is 4.79 Å². The van der Waals surface area contributed by atoms with Crippen LogP contribution in [-0.4, -0.2) is 17.4 Å². The van der Waals surface area contributed by atoms with E-state index in [4.69, 9.17) is 4.74 Å². The molecule has 114 valence electrons. The Balaban J connectivity index is 0.000000693. The molecule has 3 nitrogen and oxygen atoms in total. The molecule has 0 radical (unpaired) electrons. The van der Waals surface area contributed by atoms with Crippen molar-refractivity contribution in [1.29, 1.82) is 0 Å². The van der Waals surface area contributed by atoms with E-state index >= 15 is 0 Å². The number of aromatic amines is 1. The molecule has 1 atom stereocenters. The third-order valence-corrected chi connectivity index (χ3v) is 3.98. The minimum atomic E-state index is 0.121. The molecule has 1 fully saturated rings. The van der Waals surface area contributed by atoms with Crippen LogP contribution in [0.5, 0.6) is 5.75 Å². The molecule has 1 saturated carbocycles. The molecule has 2 aliphatic rings. The quantitative estimate of drug-likeness (QED) is 0.891. The van der Waals surface area contributed by atoms with Crippen LogP contribution >= 0.6 is 0 Å². The highest BCUT2D eigenvalue weighted by molar-refractivity contribution is 6.01. The fraction of sp³-hybridized carbons (Fsp3) is 0.316. The second-order valence-electron chi connectivity index (χ2n) is 5.39. The summed E-state index contributed by atoms with van der Waals surface area (Å²) in [6, 6.07) is 8.20. The Morgan fingerprint density at radius 2 is 2.09 bits per heavy atom. The Hall–Kier alpha value is -2.29. The summed E-state index contributed by atoms with van der Waals surface area (Å²) in [5, 5.41) is 0. The van der Waals surface area contributed by atoms with E-state index < -0.39 is 0 Å². The van der Waals surface area contributed by atoms with Crippen molar-refractivity contribution < 1.29 is 9.53 Å². The van der Waals surface area contributed by atoms with E-state index in [1.807, 2.05) is 38.4 Å². The highest BCUT2D eigenvalue weighted by Crippen LogP contribution is 2.41. The molecule has 1 N–H and O–H groups in total. The molecular formula is C19H21NO2. The van der Waals surface area contributed by atoms with E-state index in [-0.39, 0.29) is 5.92 Å². The Labute approximate surface area is 131 Å². The van der Waals surface area contributed by atoms with Gasteiger partial charge in [-0.2, -0.15) is 0 Å². The second kappa shape index (κ2) is 6.22. The molecule has 1 aromatic heterocycles. The Kier molecular flexibility index (Phi) is 4.14. The summed E-state index contributed by atoms with van der Waals surface area (Å²) in [6.45, 7) is 4.71. The Morgan fingerprint density at radius 3 is 2.77 bits per heavy atom. The van der Waals surface area contributed by atoms with Gasteiger partial charge in [-0.3, -0.25) is 4.79 Å². The third-order valence-electron chi connectivity index (χ3n) is 3.98. The van der Waals surface area contributed by atoms with Gasteiger partial charge in [0, 0.05) is 36.7 Å². The Morgan fingerprint density at radius 1 is 1.27 bits per heavy atom. The van der Waals surface area contributed by atoms with Crippen molar-refractivity contribution in [3.05, 3.63) is 53.3 Å². The van der Waals surface area contributed by atoms with Crippen LogP contribution in [0.2, 0.25) is 0 Å². The predicted molar refractivity (Wildman–Crippen MR) is 88.9 cm³/mol. The summed E-state index contributed by atoms with van der Waals surface area (Å²) in [4.78, 5) is 14.4. The zero-order valence-corrected chi connectivity index (χ0v) is 13.1. The number of Topliss-reactive ketones (excluding diaryl/α,β-unsaturated/α-hetero) is 1. The summed E-state index contributed by atoms with van der Waals surface area (Å²) in [7, 11) is 0. The van der Waals surface area contributed by atoms with Gasteiger partial charge in [0.2, 0.25) is 0 Å². The molecule has 0 bridgehead atoms. The van der Waals surface area contributed by atoms with Gasteiger partial charge in [0.25, 0.3) is 0 Å². The SMILES string of the molecule is CC.O=C1CC1c1ccc2c(c1)/C(=C/c1cc[nH]c1)CCO2. The molecule has 0 spiro atoms. The Bertz CT molecular complexity index is 698. The number of carbonyl (C=O) groups is 1. The number of fused-ring (bicyclic) bond motifs is 1. The molecule has 1 aromatic carbocycles. The summed E-state index contributed by atoms with van der Waals surface area (Å²) < 4.78 is 5.72. The van der Waals surface area contributed by atoms with E-state index in [1.54, 1.807) is 0 Å². The van der Waals surface area contributed by atoms with E-state index in [0.717, 1.165) is 23.3 Å². The van der Waals surface area contributed by atoms with Gasteiger partial charge in [0.05, 0.1) is 6.61 Å². The number of carbonyl (C=O) groups excluding carboxylic acids is 1. The van der Waals surface area contributed by atoms with Crippen molar-refractivity contribution >= 4 is 17.4 Å². The third kappa shape index (κ3) is 2.84. The normalized spacial score (nSPS) is 20.7. The highest BCUT2D eigenvalue weighted by Gasteiger charge is 2.36. The van der Waals surface area contributed by atoms with Crippen LogP contribution < -0.4 is 4.74 Å². The largest absolute Gasteiger partial charge is 0.493 e. The smallest absolute Gasteiger partial charge is 0.141 e. The van der Waals surface area contributed by atoms with E-state index in [0.29, 0.717) is 18.8 Å². The zero-order chi connectivity index (χ0) is 15.5. The summed E-state index contributed by atoms with van der Waals surface area (Å²) in [5.41, 5.74) is 4.70. The average molecular weight is 295 g/mol. The number of benzene rings is 1. The molecular weight excluding hydrogens is 274 g/mol. The van der Waals surface area contributed by atoms with Crippen LogP contribution in [0.4, 0.5) is 0 Å². The van der Waals surface area contributed by atoms with E-state index in [2.05, 4.69) is 23.2 Å². The van der Waals surface area contributed by atoms with Gasteiger partial charge >= 0.3 is 0 Å². The number of aromatic nitrogens is 1. The molecule has 2 aromatic rings. The van der Waals surface area contributed by atoms with Gasteiger partial charge in [0.15, 0.2) is 0 Å². The monoisotopic (exact) mass is 295 g/mol. The first kappa shape index (κ1) is 14.6. The van der Waals surface area contributed by atoms with Crippen LogP contribution in [0.25, 0.3) is 11.6 Å².